The summed E-state index contributed by atoms with van der Waals surface area (Å²) in [4.78, 5) is -0.401. The van der Waals surface area contributed by atoms with Crippen molar-refractivity contribution < 1.29 is 40.9 Å². The third-order valence-electron chi connectivity index (χ3n) is 5.24. The molecule has 7 nitrogen and oxygen atoms in total. The Kier molecular flexibility index (Phi) is 6.48. The average Bonchev–Trinajstić information content (AvgIpc) is 3.09. The van der Waals surface area contributed by atoms with Crippen LogP contribution in [-0.4, -0.2) is 54.8 Å². The van der Waals surface area contributed by atoms with E-state index in [1.165, 1.54) is 12.1 Å². The molecule has 2 atom stereocenters. The predicted octanol–water partition coefficient (Wildman–Crippen LogP) is 2.14. The van der Waals surface area contributed by atoms with E-state index in [1.807, 2.05) is 0 Å². The molecule has 1 fully saturated rings. The number of hydrogen-bond acceptors (Lipinski definition) is 6. The minimum absolute atomic E-state index is 0.0332. The molecule has 0 radical (unpaired) electrons. The van der Waals surface area contributed by atoms with Gasteiger partial charge in [-0.05, 0) is 36.4 Å². The molecular weight excluding hydrogens is 456 g/mol. The molecule has 2 aromatic rings. The fourth-order valence-corrected chi connectivity index (χ4v) is 4.87. The summed E-state index contributed by atoms with van der Waals surface area (Å²) in [6, 6.07) is 8.05. The fraction of sp³-hybridized carbons (Fsp3) is 0.350. The van der Waals surface area contributed by atoms with Crippen molar-refractivity contribution in [1.29, 1.82) is 5.26 Å². The summed E-state index contributed by atoms with van der Waals surface area (Å²) in [7, 11) is -4.27. The molecule has 0 bridgehead atoms. The molecule has 172 valence electrons. The Morgan fingerprint density at radius 1 is 1.22 bits per heavy atom. The Labute approximate surface area is 181 Å². The number of aliphatic hydroxyl groups is 2. The molecule has 0 aliphatic carbocycles. The normalized spacial score (nSPS) is 22.0. The maximum atomic E-state index is 13.7. The van der Waals surface area contributed by atoms with Crippen LogP contribution in [0, 0.1) is 23.1 Å². The molecule has 3 rings (SSSR count). The molecule has 0 unspecified atom stereocenters. The van der Waals surface area contributed by atoms with Crippen molar-refractivity contribution in [3.63, 3.8) is 0 Å². The number of sulfonamides is 1. The van der Waals surface area contributed by atoms with Crippen molar-refractivity contribution in [1.82, 2.24) is 4.31 Å². The van der Waals surface area contributed by atoms with Gasteiger partial charge in [-0.3, -0.25) is 0 Å². The van der Waals surface area contributed by atoms with Crippen LogP contribution in [0.4, 0.5) is 17.6 Å². The molecule has 0 aromatic heterocycles. The first-order chi connectivity index (χ1) is 14.9. The first-order valence-electron chi connectivity index (χ1n) is 9.24. The third kappa shape index (κ3) is 4.71. The Bertz CT molecular complexity index is 1130. The zero-order valence-corrected chi connectivity index (χ0v) is 17.2. The molecule has 0 spiro atoms. The second-order valence-corrected chi connectivity index (χ2v) is 9.28. The Morgan fingerprint density at radius 3 is 2.41 bits per heavy atom. The van der Waals surface area contributed by atoms with Crippen LogP contribution in [0.2, 0.25) is 0 Å². The van der Waals surface area contributed by atoms with Gasteiger partial charge in [0, 0.05) is 25.1 Å². The van der Waals surface area contributed by atoms with E-state index in [4.69, 9.17) is 10.00 Å². The minimum atomic E-state index is -4.62. The van der Waals surface area contributed by atoms with Gasteiger partial charge < -0.3 is 14.9 Å². The molecular formula is C20H18F4N2O5S. The molecule has 12 heteroatoms. The van der Waals surface area contributed by atoms with E-state index in [0.717, 1.165) is 22.5 Å². The summed E-state index contributed by atoms with van der Waals surface area (Å²) in [5.74, 6) is -1.71. The predicted molar refractivity (Wildman–Crippen MR) is 102 cm³/mol. The number of benzene rings is 2. The van der Waals surface area contributed by atoms with Gasteiger partial charge in [0.15, 0.2) is 0 Å². The van der Waals surface area contributed by atoms with Crippen LogP contribution in [0.25, 0.3) is 0 Å². The quantitative estimate of drug-likeness (QED) is 0.621. The van der Waals surface area contributed by atoms with Crippen LogP contribution >= 0.6 is 0 Å². The number of ether oxygens (including phenoxy) is 1. The smallest absolute Gasteiger partial charge is 0.416 e. The van der Waals surface area contributed by atoms with E-state index in [1.54, 1.807) is 6.07 Å². The lowest BCUT2D eigenvalue weighted by molar-refractivity contribution is -0.137. The van der Waals surface area contributed by atoms with Crippen LogP contribution in [0.3, 0.4) is 0 Å². The summed E-state index contributed by atoms with van der Waals surface area (Å²) in [6.07, 6.45) is -4.62. The number of nitrogens with zero attached hydrogens (tertiary/aromatic N) is 2. The van der Waals surface area contributed by atoms with Gasteiger partial charge in [0.1, 0.15) is 23.2 Å². The second kappa shape index (κ2) is 8.67. The van der Waals surface area contributed by atoms with Crippen molar-refractivity contribution in [2.45, 2.75) is 16.7 Å². The van der Waals surface area contributed by atoms with Crippen molar-refractivity contribution in [3.8, 4) is 11.8 Å². The zero-order valence-electron chi connectivity index (χ0n) is 16.4. The molecule has 2 N–H and O–H groups in total. The molecule has 1 aliphatic heterocycles. The number of halogens is 4. The van der Waals surface area contributed by atoms with Crippen molar-refractivity contribution in [3.05, 3.63) is 59.4 Å². The van der Waals surface area contributed by atoms with E-state index in [9.17, 15) is 36.2 Å². The van der Waals surface area contributed by atoms with Gasteiger partial charge in [0.2, 0.25) is 10.0 Å². The Morgan fingerprint density at radius 2 is 1.88 bits per heavy atom. The second-order valence-electron chi connectivity index (χ2n) is 7.34. The summed E-state index contributed by atoms with van der Waals surface area (Å²) >= 11 is 0. The lowest BCUT2D eigenvalue weighted by Gasteiger charge is -2.26. The highest BCUT2D eigenvalue weighted by atomic mass is 32.2. The average molecular weight is 474 g/mol. The van der Waals surface area contributed by atoms with E-state index in [0.29, 0.717) is 12.1 Å². The zero-order chi connectivity index (χ0) is 23.7. The maximum Gasteiger partial charge on any atom is 0.416 e. The van der Waals surface area contributed by atoms with Gasteiger partial charge in [-0.15, -0.1) is 0 Å². The monoisotopic (exact) mass is 474 g/mol. The largest absolute Gasteiger partial charge is 0.493 e. The molecule has 2 aromatic carbocycles. The van der Waals surface area contributed by atoms with Gasteiger partial charge in [-0.2, -0.15) is 22.7 Å². The highest BCUT2D eigenvalue weighted by molar-refractivity contribution is 7.89. The summed E-state index contributed by atoms with van der Waals surface area (Å²) < 4.78 is 83.9. The van der Waals surface area contributed by atoms with Gasteiger partial charge in [-0.25, -0.2) is 12.8 Å². The summed E-state index contributed by atoms with van der Waals surface area (Å²) in [5, 5.41) is 29.1. The highest BCUT2D eigenvalue weighted by Gasteiger charge is 2.49. The minimum Gasteiger partial charge on any atom is -0.493 e. The molecule has 32 heavy (non-hydrogen) atoms. The van der Waals surface area contributed by atoms with Gasteiger partial charge in [0.05, 0.1) is 29.2 Å². The number of β-amino-alcohol motifs (C(OH)–C–C–N with tert-alkyl or cyclic N) is 1. The maximum absolute atomic E-state index is 13.7. The lowest BCUT2D eigenvalue weighted by Crippen LogP contribution is -2.44. The molecule has 1 heterocycles. The highest BCUT2D eigenvalue weighted by Crippen LogP contribution is 2.34. The van der Waals surface area contributed by atoms with Gasteiger partial charge in [0.25, 0.3) is 0 Å². The molecule has 0 amide bonds. The summed E-state index contributed by atoms with van der Waals surface area (Å²) in [5.41, 5.74) is -3.09. The number of rotatable bonds is 6. The van der Waals surface area contributed by atoms with Gasteiger partial charge in [-0.1, -0.05) is 0 Å². The van der Waals surface area contributed by atoms with Crippen LogP contribution in [0.5, 0.6) is 5.75 Å². The molecule has 0 saturated carbocycles. The number of hydrogen-bond donors (Lipinski definition) is 2. The van der Waals surface area contributed by atoms with Crippen molar-refractivity contribution in [2.75, 3.05) is 26.3 Å². The first-order valence-corrected chi connectivity index (χ1v) is 10.7. The van der Waals surface area contributed by atoms with E-state index < -0.39 is 57.1 Å². The fourth-order valence-electron chi connectivity index (χ4n) is 3.32. The standard InChI is InChI=1S/C20H18F4N2O5S/c21-18-7-16(4-1-13(18)8-25)31-10-15-9-26(11-19(15,28)12-27)32(29,30)17-5-2-14(3-6-17)20(22,23)24/h1-7,15,27-28H,9-12H2/t15-,19-/m1/s1. The Balaban J connectivity index is 1.77. The topological polar surface area (TPSA) is 111 Å². The lowest BCUT2D eigenvalue weighted by atomic mass is 9.92. The molecule has 1 saturated heterocycles. The van der Waals surface area contributed by atoms with Crippen molar-refractivity contribution in [2.24, 2.45) is 5.92 Å². The first kappa shape index (κ1) is 23.9. The van der Waals surface area contributed by atoms with Crippen LogP contribution < -0.4 is 4.74 Å². The van der Waals surface area contributed by atoms with Crippen LogP contribution in [0.1, 0.15) is 11.1 Å². The molecule has 1 aliphatic rings. The number of alkyl halides is 3. The van der Waals surface area contributed by atoms with Crippen LogP contribution in [0.15, 0.2) is 47.4 Å². The van der Waals surface area contributed by atoms with Crippen molar-refractivity contribution >= 4 is 10.0 Å². The van der Waals surface area contributed by atoms with E-state index >= 15 is 0 Å². The van der Waals surface area contributed by atoms with E-state index in [-0.39, 0.29) is 24.5 Å². The van der Waals surface area contributed by atoms with Gasteiger partial charge >= 0.3 is 6.18 Å². The number of nitriles is 1. The number of aliphatic hydroxyl groups excluding tert-OH is 1. The van der Waals surface area contributed by atoms with E-state index in [2.05, 4.69) is 0 Å². The summed E-state index contributed by atoms with van der Waals surface area (Å²) in [6.45, 7) is -1.90. The SMILES string of the molecule is N#Cc1ccc(OC[C@H]2CN(S(=O)(=O)c3ccc(C(F)(F)F)cc3)C[C@@]2(O)CO)cc1F. The van der Waals surface area contributed by atoms with Crippen LogP contribution in [-0.2, 0) is 16.2 Å². The third-order valence-corrected chi connectivity index (χ3v) is 7.07. The Hall–Kier alpha value is -2.72.